The summed E-state index contributed by atoms with van der Waals surface area (Å²) in [5, 5.41) is 10.5. The molecule has 0 atom stereocenters. The Morgan fingerprint density at radius 3 is 2.58 bits per heavy atom. The van der Waals surface area contributed by atoms with Crippen LogP contribution in [-0.4, -0.2) is 58.2 Å². The zero-order valence-corrected chi connectivity index (χ0v) is 15.1. The van der Waals surface area contributed by atoms with Gasteiger partial charge in [-0.2, -0.15) is 0 Å². The number of hydrogen-bond donors (Lipinski definition) is 2. The van der Waals surface area contributed by atoms with Gasteiger partial charge in [0.15, 0.2) is 0 Å². The molecule has 1 fully saturated rings. The number of aromatic nitrogens is 2. The zero-order valence-electron chi connectivity index (χ0n) is 13.6. The summed E-state index contributed by atoms with van der Waals surface area (Å²) < 4.78 is 4.46. The minimum atomic E-state index is -0.371. The Balaban J connectivity index is 1.63. The number of nitrogens with two attached hydrogens (primary N) is 1. The maximum atomic E-state index is 12.5. The van der Waals surface area contributed by atoms with Gasteiger partial charge in [0.05, 0.1) is 10.7 Å². The van der Waals surface area contributed by atoms with Gasteiger partial charge in [-0.15, -0.1) is 0 Å². The Bertz CT molecular complexity index is 827. The highest BCUT2D eigenvalue weighted by Gasteiger charge is 2.26. The molecular weight excluding hydrogens is 383 g/mol. The average Bonchev–Trinajstić information content (AvgIpc) is 2.89. The number of nitrogens with one attached hydrogen (secondary N) is 1. The number of benzene rings is 1. The van der Waals surface area contributed by atoms with Crippen molar-refractivity contribution in [2.75, 3.05) is 37.2 Å². The maximum Gasteiger partial charge on any atom is 0.321 e. The van der Waals surface area contributed by atoms with Gasteiger partial charge >= 0.3 is 6.03 Å². The molecule has 2 aromatic rings. The molecule has 0 aliphatic carbocycles. The Morgan fingerprint density at radius 2 is 1.85 bits per heavy atom. The van der Waals surface area contributed by atoms with Gasteiger partial charge in [0.2, 0.25) is 11.5 Å². The summed E-state index contributed by atoms with van der Waals surface area (Å²) in [5.41, 5.74) is 5.98. The molecule has 9 nitrogen and oxygen atoms in total. The molecule has 1 saturated heterocycles. The van der Waals surface area contributed by atoms with E-state index in [1.165, 1.54) is 0 Å². The van der Waals surface area contributed by atoms with E-state index < -0.39 is 0 Å². The number of carbonyl (C=O) groups excluding carboxylic acids is 2. The molecule has 0 unspecified atom stereocenters. The normalized spacial score (nSPS) is 14.8. The van der Waals surface area contributed by atoms with E-state index in [1.807, 2.05) is 0 Å². The lowest BCUT2D eigenvalue weighted by Gasteiger charge is -2.22. The number of rotatable bonds is 2. The smallest absolute Gasteiger partial charge is 0.321 e. The van der Waals surface area contributed by atoms with E-state index in [2.05, 4.69) is 20.3 Å². The van der Waals surface area contributed by atoms with Crippen molar-refractivity contribution in [2.24, 2.45) is 0 Å². The SMILES string of the molecule is Nc1nonc1C(=O)N1CCCN(C(=O)Nc2cc(Cl)ccc2Cl)CC1. The first-order valence-electron chi connectivity index (χ1n) is 7.84. The van der Waals surface area contributed by atoms with Crippen molar-refractivity contribution in [1.29, 1.82) is 0 Å². The predicted molar refractivity (Wildman–Crippen MR) is 96.3 cm³/mol. The Labute approximate surface area is 159 Å². The Kier molecular flexibility index (Phi) is 5.48. The average molecular weight is 399 g/mol. The molecule has 1 aromatic heterocycles. The fourth-order valence-corrected chi connectivity index (χ4v) is 2.94. The molecule has 138 valence electrons. The van der Waals surface area contributed by atoms with Gasteiger partial charge < -0.3 is 20.9 Å². The third-order valence-electron chi connectivity index (χ3n) is 3.96. The predicted octanol–water partition coefficient (Wildman–Crippen LogP) is 2.34. The fourth-order valence-electron chi connectivity index (χ4n) is 2.60. The van der Waals surface area contributed by atoms with Crippen LogP contribution in [0.3, 0.4) is 0 Å². The largest absolute Gasteiger partial charge is 0.379 e. The molecule has 0 spiro atoms. The molecule has 2 heterocycles. The van der Waals surface area contributed by atoms with Crippen molar-refractivity contribution < 1.29 is 14.2 Å². The minimum Gasteiger partial charge on any atom is -0.379 e. The molecule has 0 bridgehead atoms. The molecule has 1 aliphatic rings. The first-order chi connectivity index (χ1) is 12.5. The van der Waals surface area contributed by atoms with E-state index in [1.54, 1.807) is 28.0 Å². The first-order valence-corrected chi connectivity index (χ1v) is 8.59. The summed E-state index contributed by atoms with van der Waals surface area (Å²) in [6, 6.07) is 4.51. The lowest BCUT2D eigenvalue weighted by atomic mass is 10.3. The second kappa shape index (κ2) is 7.79. The van der Waals surface area contributed by atoms with Gasteiger partial charge in [-0.25, -0.2) is 9.42 Å². The summed E-state index contributed by atoms with van der Waals surface area (Å²) >= 11 is 12.0. The van der Waals surface area contributed by atoms with Crippen LogP contribution in [0.25, 0.3) is 0 Å². The number of nitrogen functional groups attached to an aromatic ring is 1. The summed E-state index contributed by atoms with van der Waals surface area (Å²) in [6.07, 6.45) is 0.605. The molecular formula is C15H16Cl2N6O3. The molecule has 1 aliphatic heterocycles. The number of anilines is 2. The highest BCUT2D eigenvalue weighted by Crippen LogP contribution is 2.25. The third-order valence-corrected chi connectivity index (χ3v) is 4.52. The van der Waals surface area contributed by atoms with Crippen LogP contribution in [0.1, 0.15) is 16.9 Å². The standard InChI is InChI=1S/C15H16Cl2N6O3/c16-9-2-3-10(17)11(8-9)19-15(25)23-5-1-4-22(6-7-23)14(24)12-13(18)21-26-20-12/h2-3,8H,1,4-7H2,(H2,18,21)(H,19,25). The molecule has 11 heteroatoms. The van der Waals surface area contributed by atoms with E-state index in [4.69, 9.17) is 28.9 Å². The lowest BCUT2D eigenvalue weighted by Crippen LogP contribution is -2.39. The molecule has 0 saturated carbocycles. The minimum absolute atomic E-state index is 0.0198. The van der Waals surface area contributed by atoms with E-state index in [0.29, 0.717) is 48.3 Å². The molecule has 3 rings (SSSR count). The van der Waals surface area contributed by atoms with E-state index in [0.717, 1.165) is 0 Å². The fraction of sp³-hybridized carbons (Fsp3) is 0.333. The van der Waals surface area contributed by atoms with Crippen LogP contribution < -0.4 is 11.1 Å². The number of amides is 3. The van der Waals surface area contributed by atoms with Crippen LogP contribution in [0.15, 0.2) is 22.8 Å². The summed E-state index contributed by atoms with van der Waals surface area (Å²) in [6.45, 7) is 1.63. The number of halogens is 2. The van der Waals surface area contributed by atoms with Crippen molar-refractivity contribution in [3.63, 3.8) is 0 Å². The van der Waals surface area contributed by atoms with Gasteiger partial charge in [0.25, 0.3) is 5.91 Å². The first kappa shape index (κ1) is 18.3. The van der Waals surface area contributed by atoms with Crippen molar-refractivity contribution in [3.8, 4) is 0 Å². The van der Waals surface area contributed by atoms with Crippen LogP contribution in [0, 0.1) is 0 Å². The highest BCUT2D eigenvalue weighted by molar-refractivity contribution is 6.35. The number of carbonyl (C=O) groups is 2. The second-order valence-electron chi connectivity index (χ2n) is 5.69. The lowest BCUT2D eigenvalue weighted by molar-refractivity contribution is 0.0752. The highest BCUT2D eigenvalue weighted by atomic mass is 35.5. The van der Waals surface area contributed by atoms with Gasteiger partial charge in [-0.1, -0.05) is 23.2 Å². The van der Waals surface area contributed by atoms with Crippen molar-refractivity contribution >= 4 is 46.6 Å². The summed E-state index contributed by atoms with van der Waals surface area (Å²) in [5.74, 6) is -0.423. The van der Waals surface area contributed by atoms with E-state index >= 15 is 0 Å². The number of nitrogens with zero attached hydrogens (tertiary/aromatic N) is 4. The van der Waals surface area contributed by atoms with Crippen molar-refractivity contribution in [2.45, 2.75) is 6.42 Å². The van der Waals surface area contributed by atoms with Crippen LogP contribution in [0.5, 0.6) is 0 Å². The zero-order chi connectivity index (χ0) is 18.7. The molecule has 3 amide bonds. The summed E-state index contributed by atoms with van der Waals surface area (Å²) in [4.78, 5) is 28.1. The van der Waals surface area contributed by atoms with Crippen LogP contribution >= 0.6 is 23.2 Å². The van der Waals surface area contributed by atoms with Crippen LogP contribution in [0.4, 0.5) is 16.3 Å². The van der Waals surface area contributed by atoms with Gasteiger partial charge in [0, 0.05) is 31.2 Å². The quantitative estimate of drug-likeness (QED) is 0.801. The topological polar surface area (TPSA) is 118 Å². The maximum absolute atomic E-state index is 12.5. The molecule has 0 radical (unpaired) electrons. The third kappa shape index (κ3) is 4.00. The second-order valence-corrected chi connectivity index (χ2v) is 6.53. The van der Waals surface area contributed by atoms with Crippen LogP contribution in [0.2, 0.25) is 10.0 Å². The summed E-state index contributed by atoms with van der Waals surface area (Å²) in [7, 11) is 0. The van der Waals surface area contributed by atoms with E-state index in [-0.39, 0.29) is 23.5 Å². The van der Waals surface area contributed by atoms with Crippen molar-refractivity contribution in [1.82, 2.24) is 20.1 Å². The number of urea groups is 1. The van der Waals surface area contributed by atoms with Gasteiger partial charge in [0.1, 0.15) is 0 Å². The van der Waals surface area contributed by atoms with Gasteiger partial charge in [-0.3, -0.25) is 4.79 Å². The molecule has 26 heavy (non-hydrogen) atoms. The Hall–Kier alpha value is -2.52. The van der Waals surface area contributed by atoms with Gasteiger partial charge in [-0.05, 0) is 34.9 Å². The van der Waals surface area contributed by atoms with E-state index in [9.17, 15) is 9.59 Å². The van der Waals surface area contributed by atoms with Crippen LogP contribution in [-0.2, 0) is 0 Å². The molecule has 1 aromatic carbocycles. The monoisotopic (exact) mass is 398 g/mol. The number of hydrogen-bond acceptors (Lipinski definition) is 6. The molecule has 3 N–H and O–H groups in total. The Morgan fingerprint density at radius 1 is 1.12 bits per heavy atom. The van der Waals surface area contributed by atoms with Crippen molar-refractivity contribution in [3.05, 3.63) is 33.9 Å².